The highest BCUT2D eigenvalue weighted by atomic mass is 16.5. The van der Waals surface area contributed by atoms with Crippen LogP contribution in [0.3, 0.4) is 0 Å². The van der Waals surface area contributed by atoms with Crippen molar-refractivity contribution in [2.75, 3.05) is 5.32 Å². The number of amides is 1. The normalized spacial score (nSPS) is 15.0. The van der Waals surface area contributed by atoms with E-state index < -0.39 is 17.3 Å². The number of rotatable bonds is 6. The Hall–Kier alpha value is -2.90. The Balaban J connectivity index is 1.57. The van der Waals surface area contributed by atoms with Crippen LogP contribution in [0.1, 0.15) is 24.6 Å². The number of anilines is 1. The molecule has 1 amide bonds. The maximum Gasteiger partial charge on any atom is 0.319 e. The third kappa shape index (κ3) is 3.15. The van der Waals surface area contributed by atoms with Crippen LogP contribution in [0.15, 0.2) is 28.8 Å². The van der Waals surface area contributed by atoms with Gasteiger partial charge in [0.15, 0.2) is 6.61 Å². The van der Waals surface area contributed by atoms with Gasteiger partial charge in [0.25, 0.3) is 0 Å². The van der Waals surface area contributed by atoms with Crippen LogP contribution in [0.5, 0.6) is 5.75 Å². The smallest absolute Gasteiger partial charge is 0.319 e. The molecule has 8 nitrogen and oxygen atoms in total. The van der Waals surface area contributed by atoms with Crippen LogP contribution in [-0.4, -0.2) is 27.1 Å². The van der Waals surface area contributed by atoms with Gasteiger partial charge < -0.3 is 19.7 Å². The van der Waals surface area contributed by atoms with E-state index >= 15 is 0 Å². The van der Waals surface area contributed by atoms with Crippen molar-refractivity contribution in [3.05, 3.63) is 36.0 Å². The zero-order valence-electron chi connectivity index (χ0n) is 12.4. The number of aliphatic carboxylic acids is 1. The Kier molecular flexibility index (Phi) is 3.73. The Labute approximate surface area is 131 Å². The van der Waals surface area contributed by atoms with Crippen molar-refractivity contribution in [1.29, 1.82) is 0 Å². The summed E-state index contributed by atoms with van der Waals surface area (Å²) < 4.78 is 10.3. The molecule has 0 radical (unpaired) electrons. The van der Waals surface area contributed by atoms with Gasteiger partial charge in [0.05, 0.1) is 0 Å². The van der Waals surface area contributed by atoms with Gasteiger partial charge in [0.2, 0.25) is 17.6 Å². The van der Waals surface area contributed by atoms with Crippen LogP contribution >= 0.6 is 0 Å². The van der Waals surface area contributed by atoms with Gasteiger partial charge in [0, 0.05) is 12.6 Å². The van der Waals surface area contributed by atoms with E-state index in [4.69, 9.17) is 14.4 Å². The molecule has 1 heterocycles. The van der Waals surface area contributed by atoms with Crippen molar-refractivity contribution >= 4 is 17.6 Å². The maximum absolute atomic E-state index is 12.0. The number of aryl methyl sites for hydroxylation is 1. The highest BCUT2D eigenvalue weighted by Crippen LogP contribution is 2.46. The lowest BCUT2D eigenvalue weighted by atomic mass is 10.1. The van der Waals surface area contributed by atoms with Crippen molar-refractivity contribution in [3.63, 3.8) is 0 Å². The van der Waals surface area contributed by atoms with Crippen molar-refractivity contribution in [3.8, 4) is 5.75 Å². The lowest BCUT2D eigenvalue weighted by Crippen LogP contribution is -2.31. The Bertz CT molecular complexity index is 734. The van der Waals surface area contributed by atoms with Crippen molar-refractivity contribution in [2.24, 2.45) is 5.41 Å². The molecule has 8 heteroatoms. The minimum Gasteiger partial charge on any atom is -0.485 e. The Morgan fingerprint density at radius 2 is 2.04 bits per heavy atom. The molecule has 0 unspecified atom stereocenters. The van der Waals surface area contributed by atoms with Gasteiger partial charge in [-0.15, -0.1) is 0 Å². The van der Waals surface area contributed by atoms with E-state index in [9.17, 15) is 9.59 Å². The number of benzene rings is 1. The molecule has 2 aromatic rings. The van der Waals surface area contributed by atoms with E-state index in [0.717, 1.165) is 0 Å². The summed E-state index contributed by atoms with van der Waals surface area (Å²) in [6, 6.07) is 6.63. The number of hydrogen-bond acceptors (Lipinski definition) is 6. The number of carbonyl (C=O) groups excluding carboxylic acids is 1. The van der Waals surface area contributed by atoms with E-state index in [-0.39, 0.29) is 6.61 Å². The second-order valence-corrected chi connectivity index (χ2v) is 5.38. The van der Waals surface area contributed by atoms with Gasteiger partial charge in [-0.2, -0.15) is 4.98 Å². The SMILES string of the molecule is Cc1nc(COc2ccc(NC(=O)C3(C(=O)O)CC3)cc2)no1. The summed E-state index contributed by atoms with van der Waals surface area (Å²) in [6.07, 6.45) is 0.749. The molecule has 1 saturated carbocycles. The second kappa shape index (κ2) is 5.71. The number of nitrogens with zero attached hydrogens (tertiary/aromatic N) is 2. The molecule has 1 aliphatic carbocycles. The summed E-state index contributed by atoms with van der Waals surface area (Å²) in [5.41, 5.74) is -0.740. The summed E-state index contributed by atoms with van der Waals surface area (Å²) in [6.45, 7) is 1.86. The van der Waals surface area contributed by atoms with E-state index in [1.807, 2.05) is 0 Å². The number of carboxylic acids is 1. The summed E-state index contributed by atoms with van der Waals surface area (Å²) >= 11 is 0. The van der Waals surface area contributed by atoms with Crippen molar-refractivity contribution in [1.82, 2.24) is 10.1 Å². The van der Waals surface area contributed by atoms with Crippen molar-refractivity contribution in [2.45, 2.75) is 26.4 Å². The van der Waals surface area contributed by atoms with E-state index in [1.165, 1.54) is 0 Å². The monoisotopic (exact) mass is 317 g/mol. The first-order valence-corrected chi connectivity index (χ1v) is 7.06. The van der Waals surface area contributed by atoms with Gasteiger partial charge in [-0.1, -0.05) is 5.16 Å². The van der Waals surface area contributed by atoms with Gasteiger partial charge in [-0.3, -0.25) is 9.59 Å². The van der Waals surface area contributed by atoms with Crippen LogP contribution in [0.25, 0.3) is 0 Å². The number of ether oxygens (including phenoxy) is 1. The topological polar surface area (TPSA) is 115 Å². The lowest BCUT2D eigenvalue weighted by molar-refractivity contribution is -0.147. The number of nitrogens with one attached hydrogen (secondary N) is 1. The summed E-state index contributed by atoms with van der Waals surface area (Å²) in [5, 5.41) is 15.4. The Morgan fingerprint density at radius 3 is 2.57 bits per heavy atom. The molecule has 0 atom stereocenters. The minimum absolute atomic E-state index is 0.172. The zero-order chi connectivity index (χ0) is 16.4. The number of hydrogen-bond donors (Lipinski definition) is 2. The van der Waals surface area contributed by atoms with Gasteiger partial charge in [-0.05, 0) is 37.1 Å². The third-order valence-corrected chi connectivity index (χ3v) is 3.64. The van der Waals surface area contributed by atoms with Crippen LogP contribution < -0.4 is 10.1 Å². The first kappa shape index (κ1) is 15.0. The van der Waals surface area contributed by atoms with E-state index in [1.54, 1.807) is 31.2 Å². The molecule has 3 rings (SSSR count). The van der Waals surface area contributed by atoms with E-state index in [0.29, 0.717) is 36.0 Å². The molecule has 1 aliphatic rings. The predicted octanol–water partition coefficient (Wildman–Crippen LogP) is 1.76. The summed E-state index contributed by atoms with van der Waals surface area (Å²) in [5.74, 6) is -0.0813. The molecule has 1 fully saturated rings. The predicted molar refractivity (Wildman–Crippen MR) is 77.7 cm³/mol. The molecule has 23 heavy (non-hydrogen) atoms. The fraction of sp³-hybridized carbons (Fsp3) is 0.333. The highest BCUT2D eigenvalue weighted by Gasteiger charge is 2.57. The average molecular weight is 317 g/mol. The quantitative estimate of drug-likeness (QED) is 0.780. The molecule has 0 aliphatic heterocycles. The molecule has 2 N–H and O–H groups in total. The zero-order valence-corrected chi connectivity index (χ0v) is 12.4. The number of carboxylic acid groups (broad SMARTS) is 1. The highest BCUT2D eigenvalue weighted by molar-refractivity contribution is 6.10. The first-order valence-electron chi connectivity index (χ1n) is 7.06. The van der Waals surface area contributed by atoms with Crippen LogP contribution in [0, 0.1) is 12.3 Å². The van der Waals surface area contributed by atoms with Crippen molar-refractivity contribution < 1.29 is 24.0 Å². The third-order valence-electron chi connectivity index (χ3n) is 3.64. The number of aromatic nitrogens is 2. The summed E-state index contributed by atoms with van der Waals surface area (Å²) in [7, 11) is 0. The lowest BCUT2D eigenvalue weighted by Gasteiger charge is -2.11. The Morgan fingerprint density at radius 1 is 1.35 bits per heavy atom. The van der Waals surface area contributed by atoms with E-state index in [2.05, 4.69) is 15.5 Å². The number of carbonyl (C=O) groups is 2. The molecular formula is C15H15N3O5. The first-order chi connectivity index (χ1) is 11.0. The molecule has 0 spiro atoms. The van der Waals surface area contributed by atoms with Gasteiger partial charge >= 0.3 is 5.97 Å². The fourth-order valence-electron chi connectivity index (χ4n) is 2.10. The molecule has 0 bridgehead atoms. The van der Waals surface area contributed by atoms with Gasteiger partial charge in [-0.25, -0.2) is 0 Å². The fourth-order valence-corrected chi connectivity index (χ4v) is 2.10. The minimum atomic E-state index is -1.26. The van der Waals surface area contributed by atoms with Gasteiger partial charge in [0.1, 0.15) is 11.2 Å². The average Bonchev–Trinajstić information content (AvgIpc) is 3.25. The standard InChI is InChI=1S/C15H15N3O5/c1-9-16-12(18-23-9)8-22-11-4-2-10(3-5-11)17-13(19)15(6-7-15)14(20)21/h2-5H,6-8H2,1H3,(H,17,19)(H,20,21). The van der Waals surface area contributed by atoms with Crippen LogP contribution in [-0.2, 0) is 16.2 Å². The van der Waals surface area contributed by atoms with Crippen LogP contribution in [0.2, 0.25) is 0 Å². The molecule has 1 aromatic carbocycles. The largest absolute Gasteiger partial charge is 0.485 e. The molecule has 0 saturated heterocycles. The molecular weight excluding hydrogens is 302 g/mol. The maximum atomic E-state index is 12.0. The molecule has 1 aromatic heterocycles. The van der Waals surface area contributed by atoms with Crippen LogP contribution in [0.4, 0.5) is 5.69 Å². The summed E-state index contributed by atoms with van der Waals surface area (Å²) in [4.78, 5) is 27.1. The molecule has 120 valence electrons. The second-order valence-electron chi connectivity index (χ2n) is 5.38.